The summed E-state index contributed by atoms with van der Waals surface area (Å²) in [6.07, 6.45) is 1.46. The number of carbonyl (C=O) groups excluding carboxylic acids is 1. The number of anilines is 1. The predicted octanol–water partition coefficient (Wildman–Crippen LogP) is 4.33. The quantitative estimate of drug-likeness (QED) is 0.544. The molecule has 2 rings (SSSR count). The SMILES string of the molecule is COc1cc(OC)c(/C=C(\C#N)C(=O)Nc2cc(C)ccc2OC)cc1Br. The molecule has 2 aromatic carbocycles. The van der Waals surface area contributed by atoms with E-state index in [1.54, 1.807) is 31.4 Å². The van der Waals surface area contributed by atoms with E-state index in [9.17, 15) is 10.1 Å². The Hall–Kier alpha value is -2.98. The van der Waals surface area contributed by atoms with E-state index in [0.29, 0.717) is 33.0 Å². The normalized spacial score (nSPS) is 10.7. The number of carbonyl (C=O) groups is 1. The molecule has 0 aliphatic heterocycles. The summed E-state index contributed by atoms with van der Waals surface area (Å²) in [6, 6.07) is 10.7. The molecular weight excluding hydrogens is 412 g/mol. The van der Waals surface area contributed by atoms with Gasteiger partial charge in [0.25, 0.3) is 5.91 Å². The summed E-state index contributed by atoms with van der Waals surface area (Å²) in [4.78, 5) is 12.6. The average molecular weight is 431 g/mol. The molecule has 0 fully saturated rings. The second-order valence-electron chi connectivity index (χ2n) is 5.56. The first-order chi connectivity index (χ1) is 12.9. The molecule has 6 nitrogen and oxygen atoms in total. The van der Waals surface area contributed by atoms with Crippen LogP contribution in [0.25, 0.3) is 6.08 Å². The molecule has 7 heteroatoms. The van der Waals surface area contributed by atoms with Crippen LogP contribution < -0.4 is 19.5 Å². The lowest BCUT2D eigenvalue weighted by molar-refractivity contribution is -0.112. The molecule has 0 saturated carbocycles. The molecule has 27 heavy (non-hydrogen) atoms. The molecule has 0 bridgehead atoms. The first-order valence-corrected chi connectivity index (χ1v) is 8.72. The number of nitriles is 1. The van der Waals surface area contributed by atoms with E-state index in [1.165, 1.54) is 20.3 Å². The highest BCUT2D eigenvalue weighted by atomic mass is 79.9. The van der Waals surface area contributed by atoms with Crippen LogP contribution >= 0.6 is 15.9 Å². The van der Waals surface area contributed by atoms with Gasteiger partial charge in [-0.05, 0) is 52.7 Å². The van der Waals surface area contributed by atoms with Gasteiger partial charge in [-0.15, -0.1) is 0 Å². The Morgan fingerprint density at radius 2 is 1.74 bits per heavy atom. The van der Waals surface area contributed by atoms with Crippen molar-refractivity contribution in [2.24, 2.45) is 0 Å². The smallest absolute Gasteiger partial charge is 0.266 e. The first-order valence-electron chi connectivity index (χ1n) is 7.92. The fraction of sp³-hybridized carbons (Fsp3) is 0.200. The van der Waals surface area contributed by atoms with E-state index in [2.05, 4.69) is 21.2 Å². The Kier molecular flexibility index (Phi) is 6.85. The number of hydrogen-bond donors (Lipinski definition) is 1. The van der Waals surface area contributed by atoms with Gasteiger partial charge in [-0.3, -0.25) is 4.79 Å². The summed E-state index contributed by atoms with van der Waals surface area (Å²) in [5.74, 6) is 1.02. The Bertz CT molecular complexity index is 932. The van der Waals surface area contributed by atoms with Crippen molar-refractivity contribution in [1.82, 2.24) is 0 Å². The van der Waals surface area contributed by atoms with Gasteiger partial charge in [0, 0.05) is 11.6 Å². The van der Waals surface area contributed by atoms with Crippen molar-refractivity contribution in [3.63, 3.8) is 0 Å². The number of nitrogens with zero attached hydrogens (tertiary/aromatic N) is 1. The summed E-state index contributed by atoms with van der Waals surface area (Å²) >= 11 is 3.39. The number of aryl methyl sites for hydroxylation is 1. The number of nitrogens with one attached hydrogen (secondary N) is 1. The van der Waals surface area contributed by atoms with Gasteiger partial charge in [0.1, 0.15) is 28.9 Å². The van der Waals surface area contributed by atoms with Crippen LogP contribution in [0.5, 0.6) is 17.2 Å². The van der Waals surface area contributed by atoms with Gasteiger partial charge in [-0.1, -0.05) is 6.07 Å². The lowest BCUT2D eigenvalue weighted by Crippen LogP contribution is -2.14. The molecule has 1 amide bonds. The number of hydrogen-bond acceptors (Lipinski definition) is 5. The van der Waals surface area contributed by atoms with Gasteiger partial charge in [0.05, 0.1) is 31.5 Å². The molecule has 0 aliphatic rings. The van der Waals surface area contributed by atoms with Crippen LogP contribution in [0.1, 0.15) is 11.1 Å². The van der Waals surface area contributed by atoms with Gasteiger partial charge in [-0.25, -0.2) is 0 Å². The Labute approximate surface area is 166 Å². The van der Waals surface area contributed by atoms with E-state index in [1.807, 2.05) is 19.1 Å². The van der Waals surface area contributed by atoms with Crippen LogP contribution in [-0.2, 0) is 4.79 Å². The van der Waals surface area contributed by atoms with Crippen molar-refractivity contribution in [1.29, 1.82) is 5.26 Å². The molecule has 0 radical (unpaired) electrons. The molecular formula is C20H19BrN2O4. The molecule has 0 aliphatic carbocycles. The lowest BCUT2D eigenvalue weighted by Gasteiger charge is -2.12. The third-order valence-electron chi connectivity index (χ3n) is 3.77. The van der Waals surface area contributed by atoms with E-state index >= 15 is 0 Å². The molecule has 2 aromatic rings. The summed E-state index contributed by atoms with van der Waals surface area (Å²) in [6.45, 7) is 1.90. The van der Waals surface area contributed by atoms with Crippen molar-refractivity contribution in [3.05, 3.63) is 51.5 Å². The minimum absolute atomic E-state index is 0.0751. The van der Waals surface area contributed by atoms with Gasteiger partial charge in [0.2, 0.25) is 0 Å². The van der Waals surface area contributed by atoms with Crippen molar-refractivity contribution in [2.75, 3.05) is 26.6 Å². The first kappa shape index (κ1) is 20.3. The van der Waals surface area contributed by atoms with Crippen molar-refractivity contribution in [3.8, 4) is 23.3 Å². The van der Waals surface area contributed by atoms with E-state index in [0.717, 1.165) is 5.56 Å². The second-order valence-corrected chi connectivity index (χ2v) is 6.41. The minimum Gasteiger partial charge on any atom is -0.496 e. The number of halogens is 1. The van der Waals surface area contributed by atoms with Crippen LogP contribution in [-0.4, -0.2) is 27.2 Å². The Balaban J connectivity index is 2.39. The van der Waals surface area contributed by atoms with Crippen LogP contribution in [0.2, 0.25) is 0 Å². The van der Waals surface area contributed by atoms with Crippen LogP contribution in [0.3, 0.4) is 0 Å². The molecule has 1 N–H and O–H groups in total. The van der Waals surface area contributed by atoms with E-state index in [4.69, 9.17) is 14.2 Å². The largest absolute Gasteiger partial charge is 0.496 e. The number of methoxy groups -OCH3 is 3. The summed E-state index contributed by atoms with van der Waals surface area (Å²) in [7, 11) is 4.56. The second kappa shape index (κ2) is 9.10. The molecule has 0 heterocycles. The maximum absolute atomic E-state index is 12.6. The maximum Gasteiger partial charge on any atom is 0.266 e. The van der Waals surface area contributed by atoms with Crippen molar-refractivity contribution < 1.29 is 19.0 Å². The van der Waals surface area contributed by atoms with Gasteiger partial charge in [-0.2, -0.15) is 5.26 Å². The average Bonchev–Trinajstić information content (AvgIpc) is 2.66. The highest BCUT2D eigenvalue weighted by Crippen LogP contribution is 2.34. The fourth-order valence-corrected chi connectivity index (χ4v) is 2.93. The third kappa shape index (κ3) is 4.80. The highest BCUT2D eigenvalue weighted by Gasteiger charge is 2.15. The van der Waals surface area contributed by atoms with Gasteiger partial charge < -0.3 is 19.5 Å². The highest BCUT2D eigenvalue weighted by molar-refractivity contribution is 9.10. The Morgan fingerprint density at radius 1 is 1.07 bits per heavy atom. The number of benzene rings is 2. The monoisotopic (exact) mass is 430 g/mol. The third-order valence-corrected chi connectivity index (χ3v) is 4.39. The minimum atomic E-state index is -0.546. The van der Waals surface area contributed by atoms with E-state index in [-0.39, 0.29) is 5.57 Å². The fourth-order valence-electron chi connectivity index (χ4n) is 2.41. The summed E-state index contributed by atoms with van der Waals surface area (Å²) in [5.41, 5.74) is 1.93. The molecule has 0 unspecified atom stereocenters. The molecule has 0 saturated heterocycles. The van der Waals surface area contributed by atoms with Crippen molar-refractivity contribution >= 4 is 33.6 Å². The number of rotatable bonds is 6. The standard InChI is InChI=1S/C20H19BrN2O4/c1-12-5-6-17(25-2)16(7-12)23-20(24)14(11-22)8-13-9-15(21)19(27-4)10-18(13)26-3/h5-10H,1-4H3,(H,23,24)/b14-8+. The maximum atomic E-state index is 12.6. The summed E-state index contributed by atoms with van der Waals surface area (Å²) in [5, 5.41) is 12.2. The van der Waals surface area contributed by atoms with Crippen molar-refractivity contribution in [2.45, 2.75) is 6.92 Å². The topological polar surface area (TPSA) is 80.6 Å². The summed E-state index contributed by atoms with van der Waals surface area (Å²) < 4.78 is 16.5. The zero-order valence-corrected chi connectivity index (χ0v) is 17.0. The van der Waals surface area contributed by atoms with Gasteiger partial charge >= 0.3 is 0 Å². The van der Waals surface area contributed by atoms with Crippen LogP contribution in [0.15, 0.2) is 40.4 Å². The predicted molar refractivity (Wildman–Crippen MR) is 107 cm³/mol. The van der Waals surface area contributed by atoms with E-state index < -0.39 is 5.91 Å². The molecule has 0 atom stereocenters. The zero-order valence-electron chi connectivity index (χ0n) is 15.4. The number of ether oxygens (including phenoxy) is 3. The van der Waals surface area contributed by atoms with Gasteiger partial charge in [0.15, 0.2) is 0 Å². The molecule has 0 spiro atoms. The van der Waals surface area contributed by atoms with Crippen LogP contribution in [0.4, 0.5) is 5.69 Å². The van der Waals surface area contributed by atoms with Crippen LogP contribution in [0, 0.1) is 18.3 Å². The molecule has 0 aromatic heterocycles. The zero-order chi connectivity index (χ0) is 20.0. The lowest BCUT2D eigenvalue weighted by atomic mass is 10.1. The Morgan fingerprint density at radius 3 is 2.33 bits per heavy atom. The molecule has 140 valence electrons. The number of amides is 1.